The minimum Gasteiger partial charge on any atom is -0.338 e. The van der Waals surface area contributed by atoms with Crippen LogP contribution in [-0.4, -0.2) is 23.9 Å². The van der Waals surface area contributed by atoms with Gasteiger partial charge in [-0.05, 0) is 36.6 Å². The van der Waals surface area contributed by atoms with Gasteiger partial charge >= 0.3 is 0 Å². The molecule has 1 aliphatic heterocycles. The van der Waals surface area contributed by atoms with Crippen molar-refractivity contribution in [1.29, 1.82) is 5.26 Å². The molecular formula is C14H12Cl2N2O. The van der Waals surface area contributed by atoms with Gasteiger partial charge in [-0.1, -0.05) is 29.3 Å². The molecule has 0 spiro atoms. The van der Waals surface area contributed by atoms with E-state index in [-0.39, 0.29) is 11.5 Å². The third-order valence-electron chi connectivity index (χ3n) is 3.00. The predicted molar refractivity (Wildman–Crippen MR) is 75.9 cm³/mol. The van der Waals surface area contributed by atoms with E-state index in [1.54, 1.807) is 29.2 Å². The van der Waals surface area contributed by atoms with Gasteiger partial charge in [0.1, 0.15) is 11.6 Å². The summed E-state index contributed by atoms with van der Waals surface area (Å²) < 4.78 is 0. The molecule has 1 saturated heterocycles. The highest BCUT2D eigenvalue weighted by molar-refractivity contribution is 6.42. The maximum absolute atomic E-state index is 12.1. The summed E-state index contributed by atoms with van der Waals surface area (Å²) >= 11 is 11.7. The number of rotatable bonds is 2. The van der Waals surface area contributed by atoms with Gasteiger partial charge in [-0.2, -0.15) is 5.26 Å². The number of hydrogen-bond donors (Lipinski definition) is 0. The number of amides is 1. The molecule has 1 heterocycles. The van der Waals surface area contributed by atoms with Crippen LogP contribution < -0.4 is 0 Å². The highest BCUT2D eigenvalue weighted by atomic mass is 35.5. The smallest absolute Gasteiger partial charge is 0.264 e. The van der Waals surface area contributed by atoms with E-state index in [1.165, 1.54) is 0 Å². The second-order valence-corrected chi connectivity index (χ2v) is 5.16. The molecule has 1 amide bonds. The number of nitriles is 1. The fourth-order valence-electron chi connectivity index (χ4n) is 2.00. The Bertz CT molecular complexity index is 569. The molecule has 0 aromatic heterocycles. The standard InChI is InChI=1S/C14H12Cl2N2O/c15-12-4-3-10(8-13(12)16)7-11(9-17)14(19)18-5-1-2-6-18/h3-4,7-8H,1-2,5-6H2/b11-7+. The van der Waals surface area contributed by atoms with E-state index in [0.29, 0.717) is 15.6 Å². The molecule has 0 bridgehead atoms. The van der Waals surface area contributed by atoms with Gasteiger partial charge < -0.3 is 4.90 Å². The van der Waals surface area contributed by atoms with Crippen LogP contribution in [0.3, 0.4) is 0 Å². The SMILES string of the molecule is N#C/C(=C\c1ccc(Cl)c(Cl)c1)C(=O)N1CCCC1. The summed E-state index contributed by atoms with van der Waals surface area (Å²) in [5, 5.41) is 9.97. The quantitative estimate of drug-likeness (QED) is 0.619. The fraction of sp³-hybridized carbons (Fsp3) is 0.286. The Kier molecular flexibility index (Phi) is 4.47. The normalized spacial score (nSPS) is 15.4. The molecule has 19 heavy (non-hydrogen) atoms. The van der Waals surface area contributed by atoms with E-state index in [0.717, 1.165) is 25.9 Å². The zero-order valence-corrected chi connectivity index (χ0v) is 11.7. The monoisotopic (exact) mass is 294 g/mol. The number of carbonyl (C=O) groups excluding carboxylic acids is 1. The first-order valence-electron chi connectivity index (χ1n) is 5.98. The Labute approximate surface area is 122 Å². The van der Waals surface area contributed by atoms with E-state index in [4.69, 9.17) is 28.5 Å². The summed E-state index contributed by atoms with van der Waals surface area (Å²) in [5.74, 6) is -0.217. The molecule has 0 atom stereocenters. The molecule has 0 unspecified atom stereocenters. The van der Waals surface area contributed by atoms with Gasteiger partial charge in [0.15, 0.2) is 0 Å². The topological polar surface area (TPSA) is 44.1 Å². The van der Waals surface area contributed by atoms with Crippen molar-refractivity contribution in [2.24, 2.45) is 0 Å². The van der Waals surface area contributed by atoms with Crippen molar-refractivity contribution in [2.75, 3.05) is 13.1 Å². The fourth-order valence-corrected chi connectivity index (χ4v) is 2.31. The van der Waals surface area contributed by atoms with Crippen LogP contribution in [0.25, 0.3) is 6.08 Å². The highest BCUT2D eigenvalue weighted by Crippen LogP contribution is 2.24. The van der Waals surface area contributed by atoms with Crippen molar-refractivity contribution in [3.05, 3.63) is 39.4 Å². The van der Waals surface area contributed by atoms with Crippen molar-refractivity contribution in [2.45, 2.75) is 12.8 Å². The Morgan fingerprint density at radius 2 is 1.95 bits per heavy atom. The Hall–Kier alpha value is -1.50. The number of carbonyl (C=O) groups is 1. The summed E-state index contributed by atoms with van der Waals surface area (Å²) in [7, 11) is 0. The Balaban J connectivity index is 2.25. The maximum Gasteiger partial charge on any atom is 0.264 e. The van der Waals surface area contributed by atoms with Crippen molar-refractivity contribution >= 4 is 35.2 Å². The molecule has 1 aromatic carbocycles. The Morgan fingerprint density at radius 3 is 2.53 bits per heavy atom. The van der Waals surface area contributed by atoms with Crippen molar-refractivity contribution in [3.8, 4) is 6.07 Å². The predicted octanol–water partition coefficient (Wildman–Crippen LogP) is 3.52. The van der Waals surface area contributed by atoms with Gasteiger partial charge in [-0.15, -0.1) is 0 Å². The van der Waals surface area contributed by atoms with E-state index in [9.17, 15) is 4.79 Å². The molecule has 1 aliphatic rings. The number of hydrogen-bond acceptors (Lipinski definition) is 2. The van der Waals surface area contributed by atoms with E-state index in [1.807, 2.05) is 6.07 Å². The zero-order valence-electron chi connectivity index (χ0n) is 10.2. The van der Waals surface area contributed by atoms with Crippen molar-refractivity contribution in [1.82, 2.24) is 4.90 Å². The first kappa shape index (κ1) is 13.9. The molecule has 98 valence electrons. The van der Waals surface area contributed by atoms with Crippen LogP contribution in [0, 0.1) is 11.3 Å². The van der Waals surface area contributed by atoms with E-state index in [2.05, 4.69) is 0 Å². The average molecular weight is 295 g/mol. The van der Waals surface area contributed by atoms with Crippen LogP contribution in [0.1, 0.15) is 18.4 Å². The van der Waals surface area contributed by atoms with Gasteiger partial charge in [0, 0.05) is 13.1 Å². The van der Waals surface area contributed by atoms with Crippen LogP contribution in [0.2, 0.25) is 10.0 Å². The minimum atomic E-state index is -0.217. The maximum atomic E-state index is 12.1. The van der Waals surface area contributed by atoms with Gasteiger partial charge in [0.25, 0.3) is 5.91 Å². The van der Waals surface area contributed by atoms with Crippen LogP contribution in [-0.2, 0) is 4.79 Å². The second-order valence-electron chi connectivity index (χ2n) is 4.34. The number of nitrogens with zero attached hydrogens (tertiary/aromatic N) is 2. The molecule has 0 N–H and O–H groups in total. The summed E-state index contributed by atoms with van der Waals surface area (Å²) in [6.45, 7) is 1.44. The molecule has 3 nitrogen and oxygen atoms in total. The number of halogens is 2. The first-order chi connectivity index (χ1) is 9.11. The third kappa shape index (κ3) is 3.28. The lowest BCUT2D eigenvalue weighted by molar-refractivity contribution is -0.125. The summed E-state index contributed by atoms with van der Waals surface area (Å²) in [6, 6.07) is 6.96. The molecule has 1 fully saturated rings. The number of likely N-dealkylation sites (tertiary alicyclic amines) is 1. The molecule has 1 aromatic rings. The first-order valence-corrected chi connectivity index (χ1v) is 6.73. The Morgan fingerprint density at radius 1 is 1.26 bits per heavy atom. The van der Waals surface area contributed by atoms with Gasteiger partial charge in [0.2, 0.25) is 0 Å². The van der Waals surface area contributed by atoms with Gasteiger partial charge in [0.05, 0.1) is 10.0 Å². The van der Waals surface area contributed by atoms with Crippen LogP contribution >= 0.6 is 23.2 Å². The molecule has 5 heteroatoms. The summed E-state index contributed by atoms with van der Waals surface area (Å²) in [5.41, 5.74) is 0.818. The van der Waals surface area contributed by atoms with Crippen LogP contribution in [0.15, 0.2) is 23.8 Å². The van der Waals surface area contributed by atoms with Crippen molar-refractivity contribution < 1.29 is 4.79 Å². The highest BCUT2D eigenvalue weighted by Gasteiger charge is 2.21. The second kappa shape index (κ2) is 6.10. The summed E-state index contributed by atoms with van der Waals surface area (Å²) in [6.07, 6.45) is 3.54. The molecular weight excluding hydrogens is 283 g/mol. The third-order valence-corrected chi connectivity index (χ3v) is 3.74. The average Bonchev–Trinajstić information content (AvgIpc) is 2.93. The summed E-state index contributed by atoms with van der Waals surface area (Å²) in [4.78, 5) is 13.8. The minimum absolute atomic E-state index is 0.125. The molecule has 2 rings (SSSR count). The van der Waals surface area contributed by atoms with Crippen LogP contribution in [0.4, 0.5) is 0 Å². The van der Waals surface area contributed by atoms with Gasteiger partial charge in [-0.3, -0.25) is 4.79 Å². The lowest BCUT2D eigenvalue weighted by Gasteiger charge is -2.14. The van der Waals surface area contributed by atoms with Crippen molar-refractivity contribution in [3.63, 3.8) is 0 Å². The largest absolute Gasteiger partial charge is 0.338 e. The van der Waals surface area contributed by atoms with E-state index < -0.39 is 0 Å². The van der Waals surface area contributed by atoms with E-state index >= 15 is 0 Å². The lowest BCUT2D eigenvalue weighted by atomic mass is 10.1. The zero-order chi connectivity index (χ0) is 13.8. The number of benzene rings is 1. The molecule has 0 radical (unpaired) electrons. The lowest BCUT2D eigenvalue weighted by Crippen LogP contribution is -2.28. The molecule has 0 aliphatic carbocycles. The van der Waals surface area contributed by atoms with Crippen LogP contribution in [0.5, 0.6) is 0 Å². The molecule has 0 saturated carbocycles. The van der Waals surface area contributed by atoms with Gasteiger partial charge in [-0.25, -0.2) is 0 Å².